The van der Waals surface area contributed by atoms with Gasteiger partial charge in [0.15, 0.2) is 0 Å². The molecule has 0 aliphatic carbocycles. The van der Waals surface area contributed by atoms with E-state index in [4.69, 9.17) is 23.1 Å². The molecule has 0 bridgehead atoms. The van der Waals surface area contributed by atoms with Crippen LogP contribution in [-0.4, -0.2) is 60.5 Å². The van der Waals surface area contributed by atoms with Crippen LogP contribution < -0.4 is 0 Å². The van der Waals surface area contributed by atoms with Crippen molar-refractivity contribution in [2.45, 2.75) is 56.1 Å². The molecule has 2 saturated heterocycles. The van der Waals surface area contributed by atoms with Crippen molar-refractivity contribution in [3.8, 4) is 0 Å². The maximum atomic E-state index is 6.15. The maximum absolute atomic E-state index is 6.15. The molecule has 0 spiro atoms. The van der Waals surface area contributed by atoms with Gasteiger partial charge in [-0.3, -0.25) is 0 Å². The molecule has 3 atom stereocenters. The second-order valence-corrected chi connectivity index (χ2v) is 9.34. The van der Waals surface area contributed by atoms with Gasteiger partial charge >= 0.3 is 8.56 Å². The summed E-state index contributed by atoms with van der Waals surface area (Å²) in [6.07, 6.45) is 4.31. The van der Waals surface area contributed by atoms with Gasteiger partial charge in [0.25, 0.3) is 0 Å². The molecule has 6 heteroatoms. The highest BCUT2D eigenvalue weighted by atomic mass is 28.4. The van der Waals surface area contributed by atoms with Crippen molar-refractivity contribution >= 4 is 8.56 Å². The van der Waals surface area contributed by atoms with Gasteiger partial charge in [0, 0.05) is 21.3 Å². The molecule has 2 aliphatic heterocycles. The van der Waals surface area contributed by atoms with Crippen molar-refractivity contribution in [2.75, 3.05) is 34.5 Å². The first-order chi connectivity index (χ1) is 9.68. The van der Waals surface area contributed by atoms with Crippen LogP contribution in [-0.2, 0) is 23.1 Å². The maximum Gasteiger partial charge on any atom is 0.373 e. The van der Waals surface area contributed by atoms with Crippen LogP contribution in [0.15, 0.2) is 0 Å². The van der Waals surface area contributed by atoms with E-state index in [0.717, 1.165) is 38.3 Å². The lowest BCUT2D eigenvalue weighted by Crippen LogP contribution is -2.71. The van der Waals surface area contributed by atoms with Gasteiger partial charge in [-0.05, 0) is 25.3 Å². The molecule has 0 aromatic rings. The molecule has 3 unspecified atom stereocenters. The summed E-state index contributed by atoms with van der Waals surface area (Å²) in [6.45, 7) is 3.63. The highest BCUT2D eigenvalue weighted by molar-refractivity contribution is 6.71. The van der Waals surface area contributed by atoms with E-state index in [1.54, 1.807) is 21.3 Å². The quantitative estimate of drug-likeness (QED) is 0.507. The van der Waals surface area contributed by atoms with Gasteiger partial charge in [0.05, 0.1) is 19.3 Å². The fourth-order valence-corrected chi connectivity index (χ4v) is 7.58. The predicted molar refractivity (Wildman–Crippen MR) is 77.9 cm³/mol. The van der Waals surface area contributed by atoms with Crippen LogP contribution in [0.3, 0.4) is 0 Å². The average molecular weight is 304 g/mol. The Hall–Kier alpha value is 0.0169. The molecule has 2 heterocycles. The second kappa shape index (κ2) is 6.85. The fourth-order valence-electron chi connectivity index (χ4n) is 3.56. The zero-order valence-electron chi connectivity index (χ0n) is 13.1. The van der Waals surface area contributed by atoms with Crippen LogP contribution in [0, 0.1) is 0 Å². The minimum absolute atomic E-state index is 0.0389. The molecular formula is C14H28O5Si. The number of ether oxygens (including phenoxy) is 3. The van der Waals surface area contributed by atoms with E-state index in [9.17, 15) is 0 Å². The Morgan fingerprint density at radius 2 is 1.95 bits per heavy atom. The van der Waals surface area contributed by atoms with Crippen LogP contribution in [0.1, 0.15) is 32.6 Å². The lowest BCUT2D eigenvalue weighted by molar-refractivity contribution is -0.125. The molecule has 2 fully saturated rings. The van der Waals surface area contributed by atoms with E-state index in [1.807, 2.05) is 0 Å². The summed E-state index contributed by atoms with van der Waals surface area (Å²) in [6, 6.07) is 0.966. The van der Waals surface area contributed by atoms with Gasteiger partial charge in [0.1, 0.15) is 11.3 Å². The molecule has 0 radical (unpaired) electrons. The zero-order valence-corrected chi connectivity index (χ0v) is 14.1. The zero-order chi connectivity index (χ0) is 14.6. The number of methoxy groups -OCH3 is 1. The molecule has 118 valence electrons. The molecular weight excluding hydrogens is 276 g/mol. The van der Waals surface area contributed by atoms with Gasteiger partial charge in [-0.25, -0.2) is 0 Å². The molecule has 0 amide bonds. The number of epoxide rings is 1. The van der Waals surface area contributed by atoms with Crippen LogP contribution in [0.5, 0.6) is 0 Å². The van der Waals surface area contributed by atoms with Crippen molar-refractivity contribution in [1.82, 2.24) is 0 Å². The summed E-state index contributed by atoms with van der Waals surface area (Å²) in [4.78, 5) is 0. The second-order valence-electron chi connectivity index (χ2n) is 5.67. The Labute approximate surface area is 123 Å². The minimum Gasteiger partial charge on any atom is -0.396 e. The van der Waals surface area contributed by atoms with Crippen molar-refractivity contribution < 1.29 is 23.1 Å². The summed E-state index contributed by atoms with van der Waals surface area (Å²) in [5, 5.41) is -0.418. The largest absolute Gasteiger partial charge is 0.396 e. The van der Waals surface area contributed by atoms with Gasteiger partial charge in [-0.2, -0.15) is 0 Å². The predicted octanol–water partition coefficient (Wildman–Crippen LogP) is 2.02. The van der Waals surface area contributed by atoms with E-state index in [-0.39, 0.29) is 12.2 Å². The Morgan fingerprint density at radius 3 is 2.45 bits per heavy atom. The number of hydrogen-bond acceptors (Lipinski definition) is 5. The van der Waals surface area contributed by atoms with Crippen molar-refractivity contribution in [2.24, 2.45) is 0 Å². The number of rotatable bonds is 8. The summed E-state index contributed by atoms with van der Waals surface area (Å²) < 4.78 is 29.3. The standard InChI is InChI=1S/C14H28O5Si/c1-5-8-14(15-2)13(19-11-12-10-18-12)7-6-9-20(14,16-3)17-4/h12-13H,5-11H2,1-4H3. The molecule has 20 heavy (non-hydrogen) atoms. The molecule has 0 aromatic carbocycles. The van der Waals surface area contributed by atoms with E-state index >= 15 is 0 Å². The summed E-state index contributed by atoms with van der Waals surface area (Å²) >= 11 is 0. The van der Waals surface area contributed by atoms with Crippen LogP contribution in [0.4, 0.5) is 0 Å². The molecule has 5 nitrogen and oxygen atoms in total. The first kappa shape index (κ1) is 16.4. The van der Waals surface area contributed by atoms with Crippen LogP contribution >= 0.6 is 0 Å². The topological polar surface area (TPSA) is 49.5 Å². The molecule has 0 saturated carbocycles. The summed E-state index contributed by atoms with van der Waals surface area (Å²) in [7, 11) is 2.85. The fraction of sp³-hybridized carbons (Fsp3) is 1.00. The van der Waals surface area contributed by atoms with Crippen molar-refractivity contribution in [3.63, 3.8) is 0 Å². The highest BCUT2D eigenvalue weighted by Gasteiger charge is 2.63. The lowest BCUT2D eigenvalue weighted by Gasteiger charge is -2.51. The van der Waals surface area contributed by atoms with Gasteiger partial charge in [-0.15, -0.1) is 0 Å². The Bertz CT molecular complexity index is 306. The van der Waals surface area contributed by atoms with E-state index in [2.05, 4.69) is 6.92 Å². The summed E-state index contributed by atoms with van der Waals surface area (Å²) in [5.74, 6) is 0. The monoisotopic (exact) mass is 304 g/mol. The summed E-state index contributed by atoms with van der Waals surface area (Å²) in [5.41, 5.74) is 0. The van der Waals surface area contributed by atoms with Gasteiger partial charge < -0.3 is 23.1 Å². The van der Waals surface area contributed by atoms with E-state index in [1.165, 1.54) is 0 Å². The van der Waals surface area contributed by atoms with E-state index < -0.39 is 13.8 Å². The van der Waals surface area contributed by atoms with Crippen LogP contribution in [0.2, 0.25) is 6.04 Å². The van der Waals surface area contributed by atoms with Gasteiger partial charge in [0.2, 0.25) is 0 Å². The third-order valence-electron chi connectivity index (χ3n) is 4.67. The normalized spacial score (nSPS) is 36.0. The first-order valence-electron chi connectivity index (χ1n) is 7.56. The Kier molecular flexibility index (Phi) is 5.61. The van der Waals surface area contributed by atoms with Crippen LogP contribution in [0.25, 0.3) is 0 Å². The molecule has 2 rings (SSSR count). The Morgan fingerprint density at radius 1 is 1.25 bits per heavy atom. The third-order valence-corrected chi connectivity index (χ3v) is 9.06. The van der Waals surface area contributed by atoms with Crippen molar-refractivity contribution in [3.05, 3.63) is 0 Å². The number of hydrogen-bond donors (Lipinski definition) is 0. The van der Waals surface area contributed by atoms with E-state index in [0.29, 0.717) is 6.61 Å². The molecule has 0 aromatic heterocycles. The SMILES string of the molecule is CCCC1(OC)C(OCC2CO2)CCC[Si]1(OC)OC. The smallest absolute Gasteiger partial charge is 0.373 e. The highest BCUT2D eigenvalue weighted by Crippen LogP contribution is 2.44. The van der Waals surface area contributed by atoms with Crippen molar-refractivity contribution in [1.29, 1.82) is 0 Å². The first-order valence-corrected chi connectivity index (χ1v) is 9.59. The minimum atomic E-state index is -2.43. The Balaban J connectivity index is 2.21. The van der Waals surface area contributed by atoms with Gasteiger partial charge in [-0.1, -0.05) is 13.3 Å². The average Bonchev–Trinajstić information content (AvgIpc) is 3.30. The lowest BCUT2D eigenvalue weighted by atomic mass is 10.0. The molecule has 0 N–H and O–H groups in total. The molecule has 2 aliphatic rings. The third kappa shape index (κ3) is 2.82.